The van der Waals surface area contributed by atoms with Gasteiger partial charge in [0.15, 0.2) is 11.6 Å². The van der Waals surface area contributed by atoms with Crippen molar-refractivity contribution < 1.29 is 14.4 Å². The molecule has 7 nitrogen and oxygen atoms in total. The number of aromatic nitrogens is 1. The number of amides is 1. The zero-order valence-corrected chi connectivity index (χ0v) is 17.5. The van der Waals surface area contributed by atoms with E-state index in [2.05, 4.69) is 22.7 Å². The Morgan fingerprint density at radius 2 is 2.11 bits per heavy atom. The lowest BCUT2D eigenvalue weighted by Gasteiger charge is -2.25. The molecule has 0 radical (unpaired) electrons. The number of Topliss-reactive ketones (excluding diaryl/α,β-unsaturated/α-hetero) is 1. The van der Waals surface area contributed by atoms with E-state index < -0.39 is 0 Å². The van der Waals surface area contributed by atoms with Crippen LogP contribution in [0.3, 0.4) is 0 Å². The molecular formula is C20H26N4O3S. The van der Waals surface area contributed by atoms with Gasteiger partial charge in [-0.15, -0.1) is 11.8 Å². The van der Waals surface area contributed by atoms with Crippen molar-refractivity contribution in [2.45, 2.75) is 46.0 Å². The molecule has 1 amide bonds. The molecule has 3 heterocycles. The number of rotatable bonds is 6. The minimum Gasteiger partial charge on any atom is -0.390 e. The molecule has 0 saturated heterocycles. The summed E-state index contributed by atoms with van der Waals surface area (Å²) in [6.07, 6.45) is 5.32. The van der Waals surface area contributed by atoms with Crippen LogP contribution >= 0.6 is 11.8 Å². The molecule has 1 aromatic heterocycles. The van der Waals surface area contributed by atoms with Gasteiger partial charge in [0.1, 0.15) is 12.1 Å². The molecule has 150 valence electrons. The van der Waals surface area contributed by atoms with Crippen LogP contribution in [-0.4, -0.2) is 40.0 Å². The van der Waals surface area contributed by atoms with Gasteiger partial charge in [0.05, 0.1) is 5.75 Å². The molecule has 0 bridgehead atoms. The second-order valence-electron chi connectivity index (χ2n) is 7.02. The monoisotopic (exact) mass is 402 g/mol. The number of nitrogens with one attached hydrogen (secondary N) is 2. The van der Waals surface area contributed by atoms with Crippen molar-refractivity contribution in [1.29, 1.82) is 0 Å². The van der Waals surface area contributed by atoms with Crippen molar-refractivity contribution >= 4 is 29.3 Å². The second kappa shape index (κ2) is 8.68. The van der Waals surface area contributed by atoms with E-state index in [1.54, 1.807) is 6.08 Å². The maximum Gasteiger partial charge on any atom is 0.247 e. The maximum atomic E-state index is 12.8. The van der Waals surface area contributed by atoms with Crippen LogP contribution in [0.15, 0.2) is 34.6 Å². The molecule has 2 aliphatic rings. The van der Waals surface area contributed by atoms with Crippen molar-refractivity contribution in [2.75, 3.05) is 12.4 Å². The number of hydrogen-bond acceptors (Lipinski definition) is 6. The Morgan fingerprint density at radius 3 is 2.82 bits per heavy atom. The van der Waals surface area contributed by atoms with Crippen LogP contribution in [-0.2, 0) is 9.63 Å². The summed E-state index contributed by atoms with van der Waals surface area (Å²) in [6, 6.07) is 1.88. The lowest BCUT2D eigenvalue weighted by atomic mass is 10.2. The first-order valence-electron chi connectivity index (χ1n) is 9.38. The average molecular weight is 403 g/mol. The Labute approximate surface area is 169 Å². The molecule has 3 rings (SSSR count). The van der Waals surface area contributed by atoms with E-state index >= 15 is 0 Å². The highest BCUT2D eigenvalue weighted by atomic mass is 32.2. The molecule has 1 atom stereocenters. The van der Waals surface area contributed by atoms with E-state index in [0.29, 0.717) is 18.0 Å². The highest BCUT2D eigenvalue weighted by Crippen LogP contribution is 2.21. The molecule has 0 aliphatic carbocycles. The highest BCUT2D eigenvalue weighted by Gasteiger charge is 2.23. The largest absolute Gasteiger partial charge is 0.390 e. The van der Waals surface area contributed by atoms with Crippen LogP contribution < -0.4 is 10.6 Å². The number of carbonyl (C=O) groups excluding carboxylic acids is 2. The number of oxime groups is 1. The summed E-state index contributed by atoms with van der Waals surface area (Å²) in [4.78, 5) is 29.9. The predicted octanol–water partition coefficient (Wildman–Crippen LogP) is 2.85. The summed E-state index contributed by atoms with van der Waals surface area (Å²) < 4.78 is 1.93. The number of ketones is 1. The van der Waals surface area contributed by atoms with Gasteiger partial charge >= 0.3 is 0 Å². The molecule has 0 saturated carbocycles. The van der Waals surface area contributed by atoms with E-state index in [-0.39, 0.29) is 22.9 Å². The van der Waals surface area contributed by atoms with Crippen LogP contribution in [0.4, 0.5) is 0 Å². The topological polar surface area (TPSA) is 84.7 Å². The van der Waals surface area contributed by atoms with Gasteiger partial charge in [-0.05, 0) is 44.9 Å². The molecule has 0 aromatic carbocycles. The first-order chi connectivity index (χ1) is 13.4. The van der Waals surface area contributed by atoms with Crippen molar-refractivity contribution in [3.8, 4) is 0 Å². The highest BCUT2D eigenvalue weighted by molar-refractivity contribution is 8.00. The molecule has 1 aromatic rings. The van der Waals surface area contributed by atoms with Crippen LogP contribution in [0.5, 0.6) is 0 Å². The first-order valence-corrected chi connectivity index (χ1v) is 10.4. The van der Waals surface area contributed by atoms with Gasteiger partial charge in [-0.1, -0.05) is 18.5 Å². The summed E-state index contributed by atoms with van der Waals surface area (Å²) in [5.74, 6) is 0.841. The SMILES string of the molecule is CCCC1=CC(=O)NC(SCC(=O)c2cc(C)n(C3=NOCC(C)=C3)c2C)N1. The molecule has 2 aliphatic heterocycles. The van der Waals surface area contributed by atoms with E-state index in [0.717, 1.165) is 35.5 Å². The summed E-state index contributed by atoms with van der Waals surface area (Å²) in [7, 11) is 0. The fourth-order valence-electron chi connectivity index (χ4n) is 3.30. The van der Waals surface area contributed by atoms with Gasteiger partial charge in [-0.2, -0.15) is 0 Å². The van der Waals surface area contributed by atoms with Crippen LogP contribution in [0, 0.1) is 13.8 Å². The smallest absolute Gasteiger partial charge is 0.247 e. The third kappa shape index (κ3) is 4.49. The summed E-state index contributed by atoms with van der Waals surface area (Å²) in [6.45, 7) is 8.39. The van der Waals surface area contributed by atoms with E-state index in [4.69, 9.17) is 4.84 Å². The second-order valence-corrected chi connectivity index (χ2v) is 8.11. The minimum atomic E-state index is -0.298. The fourth-order valence-corrected chi connectivity index (χ4v) is 4.21. The number of thioether (sulfide) groups is 1. The molecule has 8 heteroatoms. The fraction of sp³-hybridized carbons (Fsp3) is 0.450. The number of hydrogen-bond donors (Lipinski definition) is 2. The number of nitrogens with zero attached hydrogens (tertiary/aromatic N) is 2. The van der Waals surface area contributed by atoms with Crippen LogP contribution in [0.1, 0.15) is 48.4 Å². The summed E-state index contributed by atoms with van der Waals surface area (Å²) in [5, 5.41) is 10.2. The Bertz CT molecular complexity index is 882. The zero-order chi connectivity index (χ0) is 20.3. The molecule has 28 heavy (non-hydrogen) atoms. The summed E-state index contributed by atoms with van der Waals surface area (Å²) >= 11 is 1.38. The van der Waals surface area contributed by atoms with Gasteiger partial charge in [0, 0.05) is 28.7 Å². The van der Waals surface area contributed by atoms with Gasteiger partial charge < -0.3 is 15.5 Å². The van der Waals surface area contributed by atoms with E-state index in [9.17, 15) is 9.59 Å². The van der Waals surface area contributed by atoms with Crippen LogP contribution in [0.2, 0.25) is 0 Å². The third-order valence-electron chi connectivity index (χ3n) is 4.58. The lowest BCUT2D eigenvalue weighted by Crippen LogP contribution is -2.46. The molecule has 2 N–H and O–H groups in total. The Balaban J connectivity index is 1.69. The van der Waals surface area contributed by atoms with Crippen molar-refractivity contribution in [3.63, 3.8) is 0 Å². The first kappa shape index (κ1) is 20.3. The quantitative estimate of drug-likeness (QED) is 0.715. The molecule has 1 unspecified atom stereocenters. The van der Waals surface area contributed by atoms with Crippen molar-refractivity contribution in [2.24, 2.45) is 5.16 Å². The van der Waals surface area contributed by atoms with E-state index in [1.807, 2.05) is 37.5 Å². The summed E-state index contributed by atoms with van der Waals surface area (Å²) in [5.41, 5.74) is 4.12. The minimum absolute atomic E-state index is 0.0185. The molecule has 0 spiro atoms. The van der Waals surface area contributed by atoms with Gasteiger partial charge in [0.2, 0.25) is 5.91 Å². The van der Waals surface area contributed by atoms with Crippen molar-refractivity contribution in [1.82, 2.24) is 15.2 Å². The average Bonchev–Trinajstić information content (AvgIpc) is 2.94. The number of aryl methyl sites for hydroxylation is 1. The number of carbonyl (C=O) groups is 2. The van der Waals surface area contributed by atoms with E-state index in [1.165, 1.54) is 11.8 Å². The predicted molar refractivity (Wildman–Crippen MR) is 111 cm³/mol. The number of allylic oxidation sites excluding steroid dienone is 2. The third-order valence-corrected chi connectivity index (χ3v) is 5.58. The van der Waals surface area contributed by atoms with Gasteiger partial charge in [-0.25, -0.2) is 0 Å². The molecule has 0 fully saturated rings. The normalized spacial score (nSPS) is 19.1. The molecular weight excluding hydrogens is 376 g/mol. The van der Waals surface area contributed by atoms with Gasteiger partial charge in [0.25, 0.3) is 0 Å². The van der Waals surface area contributed by atoms with Crippen LogP contribution in [0.25, 0.3) is 0 Å². The maximum absolute atomic E-state index is 12.8. The lowest BCUT2D eigenvalue weighted by molar-refractivity contribution is -0.117. The Hall–Kier alpha value is -2.48. The van der Waals surface area contributed by atoms with Crippen molar-refractivity contribution in [3.05, 3.63) is 46.4 Å². The van der Waals surface area contributed by atoms with Gasteiger partial charge in [-0.3, -0.25) is 14.2 Å². The zero-order valence-electron chi connectivity index (χ0n) is 16.7. The Morgan fingerprint density at radius 1 is 1.32 bits per heavy atom. The standard InChI is InChI=1S/C20H26N4O3S/c1-5-6-15-9-19(26)22-20(21-15)28-11-17(25)16-8-13(3)24(14(16)4)18-7-12(2)10-27-23-18/h7-9,20-21H,5-6,10-11H2,1-4H3,(H,22,26). The Kier molecular flexibility index (Phi) is 6.28.